The van der Waals surface area contributed by atoms with Crippen LogP contribution in [0.4, 0.5) is 0 Å². The molecule has 2 bridgehead atoms. The minimum absolute atomic E-state index is 0.000555. The molecule has 2 aliphatic rings. The second kappa shape index (κ2) is 6.40. The van der Waals surface area contributed by atoms with Gasteiger partial charge in [-0.15, -0.1) is 11.8 Å². The summed E-state index contributed by atoms with van der Waals surface area (Å²) >= 11 is 1.69. The Bertz CT molecular complexity index is 915. The summed E-state index contributed by atoms with van der Waals surface area (Å²) in [7, 11) is 0. The number of esters is 1. The molecule has 144 valence electrons. The lowest BCUT2D eigenvalue weighted by Gasteiger charge is -2.32. The maximum atomic E-state index is 13.2. The molecule has 0 radical (unpaired) electrons. The van der Waals surface area contributed by atoms with E-state index < -0.39 is 0 Å². The number of carbonyl (C=O) groups is 2. The topological polar surface area (TPSA) is 48.3 Å². The van der Waals surface area contributed by atoms with Gasteiger partial charge >= 0.3 is 5.97 Å². The fourth-order valence-corrected chi connectivity index (χ4v) is 6.83. The highest BCUT2D eigenvalue weighted by atomic mass is 32.2. The quantitative estimate of drug-likeness (QED) is 0.701. The number of fused-ring (bicyclic) bond motifs is 3. The van der Waals surface area contributed by atoms with Gasteiger partial charge in [-0.3, -0.25) is 9.59 Å². The Kier molecular flexibility index (Phi) is 4.41. The first-order chi connectivity index (χ1) is 12.8. The predicted octanol–water partition coefficient (Wildman–Crippen LogP) is 4.69. The molecule has 2 aliphatic carbocycles. The number of aromatic nitrogens is 1. The molecule has 1 aromatic heterocycles. The normalized spacial score (nSPS) is 28.8. The number of nitrogens with zero attached hydrogens (tertiary/aromatic N) is 1. The van der Waals surface area contributed by atoms with Crippen LogP contribution in [0.15, 0.2) is 35.4 Å². The van der Waals surface area contributed by atoms with Crippen LogP contribution in [0.2, 0.25) is 0 Å². The lowest BCUT2D eigenvalue weighted by atomic mass is 9.70. The fraction of sp³-hybridized carbons (Fsp3) is 0.545. The van der Waals surface area contributed by atoms with Crippen molar-refractivity contribution in [3.63, 3.8) is 0 Å². The van der Waals surface area contributed by atoms with E-state index in [0.717, 1.165) is 28.6 Å². The number of ketones is 1. The van der Waals surface area contributed by atoms with Crippen LogP contribution in [0.3, 0.4) is 0 Å². The number of rotatable bonds is 5. The monoisotopic (exact) mass is 385 g/mol. The molecule has 3 unspecified atom stereocenters. The van der Waals surface area contributed by atoms with Crippen LogP contribution >= 0.6 is 11.8 Å². The summed E-state index contributed by atoms with van der Waals surface area (Å²) in [5.41, 5.74) is 0.845. The highest BCUT2D eigenvalue weighted by molar-refractivity contribution is 8.01. The van der Waals surface area contributed by atoms with E-state index in [-0.39, 0.29) is 28.6 Å². The van der Waals surface area contributed by atoms with Gasteiger partial charge in [-0.05, 0) is 37.2 Å². The third-order valence-electron chi connectivity index (χ3n) is 7.08. The summed E-state index contributed by atoms with van der Waals surface area (Å²) in [4.78, 5) is 26.3. The number of hydrogen-bond acceptors (Lipinski definition) is 4. The summed E-state index contributed by atoms with van der Waals surface area (Å²) in [6, 6.07) is 8.08. The average molecular weight is 386 g/mol. The van der Waals surface area contributed by atoms with Crippen molar-refractivity contribution in [3.8, 4) is 0 Å². The van der Waals surface area contributed by atoms with Crippen molar-refractivity contribution in [1.29, 1.82) is 0 Å². The van der Waals surface area contributed by atoms with Crippen molar-refractivity contribution in [2.75, 3.05) is 6.61 Å². The van der Waals surface area contributed by atoms with Gasteiger partial charge in [0.15, 0.2) is 5.78 Å². The van der Waals surface area contributed by atoms with Crippen LogP contribution in [-0.4, -0.2) is 28.2 Å². The molecule has 4 nitrogen and oxygen atoms in total. The van der Waals surface area contributed by atoms with E-state index in [9.17, 15) is 9.59 Å². The lowest BCUT2D eigenvalue weighted by Crippen LogP contribution is -2.34. The number of ether oxygens (including phenoxy) is 1. The second-order valence-corrected chi connectivity index (χ2v) is 9.73. The number of benzene rings is 1. The second-order valence-electron chi connectivity index (χ2n) is 8.55. The first kappa shape index (κ1) is 18.6. The van der Waals surface area contributed by atoms with E-state index in [4.69, 9.17) is 4.74 Å². The number of Topliss-reactive ketones (excluding diaryl/α,β-unsaturated/α-hetero) is 1. The summed E-state index contributed by atoms with van der Waals surface area (Å²) < 4.78 is 7.06. The Morgan fingerprint density at radius 1 is 1.30 bits per heavy atom. The van der Waals surface area contributed by atoms with E-state index in [1.165, 1.54) is 0 Å². The molecule has 27 heavy (non-hydrogen) atoms. The largest absolute Gasteiger partial charge is 0.465 e. The first-order valence-corrected chi connectivity index (χ1v) is 10.6. The minimum atomic E-state index is -0.237. The van der Waals surface area contributed by atoms with Gasteiger partial charge in [0, 0.05) is 27.4 Å². The average Bonchev–Trinajstić information content (AvgIpc) is 3.12. The van der Waals surface area contributed by atoms with Crippen molar-refractivity contribution >= 4 is 34.4 Å². The van der Waals surface area contributed by atoms with Gasteiger partial charge < -0.3 is 9.30 Å². The third kappa shape index (κ3) is 2.65. The van der Waals surface area contributed by atoms with Gasteiger partial charge in [-0.25, -0.2) is 0 Å². The van der Waals surface area contributed by atoms with E-state index in [1.54, 1.807) is 11.8 Å². The molecule has 2 fully saturated rings. The highest BCUT2D eigenvalue weighted by Gasteiger charge is 2.66. The Morgan fingerprint density at radius 3 is 2.70 bits per heavy atom. The van der Waals surface area contributed by atoms with E-state index in [0.29, 0.717) is 18.3 Å². The maximum Gasteiger partial charge on any atom is 0.325 e. The Balaban J connectivity index is 1.67. The molecule has 2 saturated carbocycles. The molecule has 0 saturated heterocycles. The number of para-hydroxylation sites is 1. The molecule has 2 aromatic rings. The first-order valence-electron chi connectivity index (χ1n) is 9.74. The molecule has 4 rings (SSSR count). The van der Waals surface area contributed by atoms with Crippen LogP contribution in [0.25, 0.3) is 10.9 Å². The molecule has 0 aliphatic heterocycles. The summed E-state index contributed by atoms with van der Waals surface area (Å²) in [5, 5.41) is 1.10. The van der Waals surface area contributed by atoms with Gasteiger partial charge in [0.1, 0.15) is 6.54 Å². The van der Waals surface area contributed by atoms with Crippen molar-refractivity contribution < 1.29 is 14.3 Å². The van der Waals surface area contributed by atoms with E-state index in [2.05, 4.69) is 26.8 Å². The van der Waals surface area contributed by atoms with E-state index in [1.807, 2.05) is 35.9 Å². The number of hydrogen-bond donors (Lipinski definition) is 0. The number of carbonyl (C=O) groups excluding carboxylic acids is 2. The summed E-state index contributed by atoms with van der Waals surface area (Å²) in [6.07, 6.45) is 4.14. The third-order valence-corrected chi connectivity index (χ3v) is 8.46. The summed E-state index contributed by atoms with van der Waals surface area (Å²) in [6.45, 7) is 9.06. The zero-order chi connectivity index (χ0) is 19.4. The smallest absolute Gasteiger partial charge is 0.325 e. The van der Waals surface area contributed by atoms with Gasteiger partial charge in [0.05, 0.1) is 11.9 Å². The zero-order valence-corrected chi connectivity index (χ0v) is 17.3. The van der Waals surface area contributed by atoms with Crippen molar-refractivity contribution in [2.45, 2.75) is 57.2 Å². The zero-order valence-electron chi connectivity index (χ0n) is 16.5. The molecule has 0 N–H and O–H groups in total. The van der Waals surface area contributed by atoms with Gasteiger partial charge in [-0.2, -0.15) is 0 Å². The van der Waals surface area contributed by atoms with Crippen LogP contribution in [0.1, 0.15) is 40.5 Å². The predicted molar refractivity (Wildman–Crippen MR) is 108 cm³/mol. The van der Waals surface area contributed by atoms with E-state index >= 15 is 0 Å². The Morgan fingerprint density at radius 2 is 2.04 bits per heavy atom. The molecule has 3 atom stereocenters. The summed E-state index contributed by atoms with van der Waals surface area (Å²) in [5.74, 6) is 0.572. The van der Waals surface area contributed by atoms with Crippen molar-refractivity contribution in [1.82, 2.24) is 4.57 Å². The van der Waals surface area contributed by atoms with Crippen molar-refractivity contribution in [3.05, 3.63) is 30.5 Å². The standard InChI is InChI=1S/C22H27NO3S/c1-5-26-18(24)13-23-12-17(14-8-6-7-9-16(14)23)27-19-15-10-11-22(4,20(19)25)21(15,2)3/h6-9,12,15,19H,5,10-11,13H2,1-4H3. The van der Waals surface area contributed by atoms with Crippen LogP contribution in [0, 0.1) is 16.7 Å². The lowest BCUT2D eigenvalue weighted by molar-refractivity contribution is -0.143. The molecule has 1 heterocycles. The maximum absolute atomic E-state index is 13.2. The van der Waals surface area contributed by atoms with Gasteiger partial charge in [0.2, 0.25) is 0 Å². The molecular formula is C22H27NO3S. The van der Waals surface area contributed by atoms with Crippen molar-refractivity contribution in [2.24, 2.45) is 16.7 Å². The molecule has 5 heteroatoms. The Labute approximate surface area is 164 Å². The molecular weight excluding hydrogens is 358 g/mol. The van der Waals surface area contributed by atoms with Gasteiger partial charge in [0.25, 0.3) is 0 Å². The van der Waals surface area contributed by atoms with Gasteiger partial charge in [-0.1, -0.05) is 39.0 Å². The SMILES string of the molecule is CCOC(=O)Cn1cc(SC2C(=O)C3(C)CCC2C3(C)C)c2ccccc21. The highest BCUT2D eigenvalue weighted by Crippen LogP contribution is 2.66. The Hall–Kier alpha value is -1.75. The van der Waals surface area contributed by atoms with Crippen LogP contribution < -0.4 is 0 Å². The fourth-order valence-electron chi connectivity index (χ4n) is 5.06. The molecule has 1 aromatic carbocycles. The van der Waals surface area contributed by atoms with Crippen LogP contribution in [0.5, 0.6) is 0 Å². The minimum Gasteiger partial charge on any atom is -0.465 e. The van der Waals surface area contributed by atoms with Crippen LogP contribution in [-0.2, 0) is 20.9 Å². The number of thioether (sulfide) groups is 1. The molecule has 0 amide bonds. The molecule has 0 spiro atoms.